The van der Waals surface area contributed by atoms with E-state index in [1.807, 2.05) is 0 Å². The number of aliphatic imine (C=N–C) groups is 1. The van der Waals surface area contributed by atoms with E-state index in [2.05, 4.69) is 26.3 Å². The number of nitrogens with two attached hydrogens (primary N) is 2. The van der Waals surface area contributed by atoms with E-state index in [0.717, 1.165) is 4.90 Å². The maximum Gasteiger partial charge on any atom is 0.326 e. The molecule has 16 nitrogen and oxygen atoms in total. The van der Waals surface area contributed by atoms with Crippen LogP contribution in [0.5, 0.6) is 0 Å². The fourth-order valence-electron chi connectivity index (χ4n) is 4.42. The van der Waals surface area contributed by atoms with E-state index in [1.165, 1.54) is 6.92 Å². The zero-order valence-electron chi connectivity index (χ0n) is 22.5. The van der Waals surface area contributed by atoms with Crippen LogP contribution >= 0.6 is 0 Å². The maximum atomic E-state index is 13.1. The number of rotatable bonds is 12. The van der Waals surface area contributed by atoms with Crippen LogP contribution < -0.4 is 32.7 Å². The van der Waals surface area contributed by atoms with Gasteiger partial charge in [-0.15, -0.1) is 0 Å². The summed E-state index contributed by atoms with van der Waals surface area (Å²) in [7, 11) is 0. The van der Waals surface area contributed by atoms with Gasteiger partial charge in [-0.2, -0.15) is 0 Å². The summed E-state index contributed by atoms with van der Waals surface area (Å²) in [5, 5.41) is 40.8. The molecule has 0 bridgehead atoms. The standard InChI is InChI=1S/C23H40N8O8/c1-9(2)16(21(37)38)30-19(35)11(4)27-20(36)17-13(29-18(34)10(3)26-17)5-6-14(32)15(33)7-12-8-31(23(25)39)22(24)28-12/h9-17,26,32-33H,5-8H2,1-4H3,(H2,24,28)(H2,25,39)(H,27,36)(H,29,34)(H,30,35)(H,37,38)/t10?,11-,12?,13?,14?,15?,16-,17?/m0/s1. The van der Waals surface area contributed by atoms with E-state index in [1.54, 1.807) is 20.8 Å². The number of hydrogen-bond acceptors (Lipinski definition) is 10. The SMILES string of the molecule is CC1NC(C(=O)N[C@@H](C)C(=O)N[C@H](C(=O)O)C(C)C)C(CCC(O)C(O)CC2CN(C(N)=O)C(N)=N2)NC1=O. The first-order valence-corrected chi connectivity index (χ1v) is 12.8. The number of nitrogens with one attached hydrogen (secondary N) is 4. The second kappa shape index (κ2) is 13.5. The summed E-state index contributed by atoms with van der Waals surface area (Å²) in [6.07, 6.45) is -2.37. The van der Waals surface area contributed by atoms with Gasteiger partial charge in [0.15, 0.2) is 5.96 Å². The molecule has 6 unspecified atom stereocenters. The Morgan fingerprint density at radius 1 is 1.15 bits per heavy atom. The number of aliphatic hydroxyl groups excluding tert-OH is 2. The van der Waals surface area contributed by atoms with Crippen molar-refractivity contribution in [3.05, 3.63) is 0 Å². The third-order valence-corrected chi connectivity index (χ3v) is 6.80. The predicted molar refractivity (Wildman–Crippen MR) is 138 cm³/mol. The Labute approximate surface area is 225 Å². The molecule has 2 heterocycles. The number of guanidine groups is 1. The highest BCUT2D eigenvalue weighted by molar-refractivity contribution is 5.96. The minimum absolute atomic E-state index is 0.00211. The molecule has 2 rings (SSSR count). The van der Waals surface area contributed by atoms with Crippen LogP contribution in [0.3, 0.4) is 0 Å². The van der Waals surface area contributed by atoms with Gasteiger partial charge in [-0.25, -0.2) is 14.6 Å². The average Bonchev–Trinajstić information content (AvgIpc) is 3.21. The normalized spacial score (nSPS) is 26.2. The Bertz CT molecular complexity index is 976. The second-order valence-corrected chi connectivity index (χ2v) is 10.3. The molecule has 1 saturated heterocycles. The summed E-state index contributed by atoms with van der Waals surface area (Å²) in [6, 6.07) is -5.99. The molecule has 2 aliphatic heterocycles. The number of carbonyl (C=O) groups excluding carboxylic acids is 4. The number of urea groups is 1. The average molecular weight is 557 g/mol. The van der Waals surface area contributed by atoms with E-state index < -0.39 is 72.3 Å². The molecule has 39 heavy (non-hydrogen) atoms. The van der Waals surface area contributed by atoms with Crippen molar-refractivity contribution in [2.75, 3.05) is 6.54 Å². The molecular formula is C23H40N8O8. The maximum absolute atomic E-state index is 13.1. The Kier molecular flexibility index (Phi) is 11.0. The number of hydrogen-bond donors (Lipinski definition) is 9. The summed E-state index contributed by atoms with van der Waals surface area (Å²) in [4.78, 5) is 65.7. The topological polar surface area (TPSA) is 262 Å². The zero-order valence-corrected chi connectivity index (χ0v) is 22.5. The lowest BCUT2D eigenvalue weighted by Crippen LogP contribution is -2.68. The summed E-state index contributed by atoms with van der Waals surface area (Å²) >= 11 is 0. The van der Waals surface area contributed by atoms with Crippen molar-refractivity contribution in [1.29, 1.82) is 0 Å². The van der Waals surface area contributed by atoms with Gasteiger partial charge >= 0.3 is 12.0 Å². The third-order valence-electron chi connectivity index (χ3n) is 6.80. The Hall–Kier alpha value is -3.50. The van der Waals surface area contributed by atoms with Crippen LogP contribution in [-0.4, -0.2) is 111 Å². The smallest absolute Gasteiger partial charge is 0.326 e. The minimum atomic E-state index is -1.24. The quantitative estimate of drug-likeness (QED) is 0.115. The van der Waals surface area contributed by atoms with Gasteiger partial charge < -0.3 is 42.7 Å². The summed E-state index contributed by atoms with van der Waals surface area (Å²) in [5.41, 5.74) is 10.9. The first kappa shape index (κ1) is 31.7. The Balaban J connectivity index is 1.97. The summed E-state index contributed by atoms with van der Waals surface area (Å²) in [5.74, 6) is -3.30. The first-order chi connectivity index (χ1) is 18.1. The number of nitrogens with zero attached hydrogens (tertiary/aromatic N) is 2. The van der Waals surface area contributed by atoms with Gasteiger partial charge in [0, 0.05) is 6.42 Å². The van der Waals surface area contributed by atoms with Crippen molar-refractivity contribution in [3.63, 3.8) is 0 Å². The van der Waals surface area contributed by atoms with Crippen molar-refractivity contribution < 1.29 is 39.3 Å². The number of amides is 5. The van der Waals surface area contributed by atoms with E-state index in [0.29, 0.717) is 0 Å². The number of aliphatic hydroxyl groups is 2. The predicted octanol–water partition coefficient (Wildman–Crippen LogP) is -3.47. The molecule has 0 aromatic heterocycles. The van der Waals surface area contributed by atoms with Crippen LogP contribution in [0.2, 0.25) is 0 Å². The van der Waals surface area contributed by atoms with E-state index in [-0.39, 0.29) is 43.6 Å². The molecule has 5 amide bonds. The van der Waals surface area contributed by atoms with Crippen molar-refractivity contribution in [2.45, 2.75) is 95.4 Å². The second-order valence-electron chi connectivity index (χ2n) is 10.3. The van der Waals surface area contributed by atoms with Crippen molar-refractivity contribution >= 4 is 35.7 Å². The van der Waals surface area contributed by atoms with Crippen molar-refractivity contribution in [2.24, 2.45) is 22.4 Å². The van der Waals surface area contributed by atoms with E-state index in [9.17, 15) is 39.3 Å². The highest BCUT2D eigenvalue weighted by atomic mass is 16.4. The van der Waals surface area contributed by atoms with Crippen LogP contribution in [0.15, 0.2) is 4.99 Å². The van der Waals surface area contributed by atoms with Gasteiger partial charge in [0.1, 0.15) is 18.1 Å². The van der Waals surface area contributed by atoms with Gasteiger partial charge in [-0.1, -0.05) is 13.8 Å². The van der Waals surface area contributed by atoms with Crippen LogP contribution in [0.4, 0.5) is 4.79 Å². The van der Waals surface area contributed by atoms with E-state index in [4.69, 9.17) is 11.5 Å². The molecule has 1 fully saturated rings. The number of aliphatic carboxylic acids is 1. The molecule has 0 radical (unpaired) electrons. The van der Waals surface area contributed by atoms with Gasteiger partial charge in [0.05, 0.1) is 36.9 Å². The molecule has 0 spiro atoms. The number of carbonyl (C=O) groups is 5. The molecule has 11 N–H and O–H groups in total. The molecule has 2 aliphatic rings. The Morgan fingerprint density at radius 3 is 2.33 bits per heavy atom. The van der Waals surface area contributed by atoms with Gasteiger partial charge in [-0.05, 0) is 32.6 Å². The molecule has 0 aromatic carbocycles. The third kappa shape index (κ3) is 8.49. The zero-order chi connectivity index (χ0) is 29.6. The molecule has 8 atom stereocenters. The van der Waals surface area contributed by atoms with Crippen molar-refractivity contribution in [1.82, 2.24) is 26.2 Å². The minimum Gasteiger partial charge on any atom is -0.480 e. The van der Waals surface area contributed by atoms with Crippen LogP contribution in [0, 0.1) is 5.92 Å². The van der Waals surface area contributed by atoms with Crippen LogP contribution in [-0.2, 0) is 19.2 Å². The number of piperazine rings is 1. The van der Waals surface area contributed by atoms with Crippen LogP contribution in [0.25, 0.3) is 0 Å². The fraction of sp³-hybridized carbons (Fsp3) is 0.739. The largest absolute Gasteiger partial charge is 0.480 e. The fourth-order valence-corrected chi connectivity index (χ4v) is 4.42. The lowest BCUT2D eigenvalue weighted by Gasteiger charge is -2.36. The summed E-state index contributed by atoms with van der Waals surface area (Å²) in [6.45, 7) is 6.32. The number of carboxylic acids is 1. The monoisotopic (exact) mass is 556 g/mol. The van der Waals surface area contributed by atoms with Gasteiger partial charge in [0.2, 0.25) is 17.7 Å². The van der Waals surface area contributed by atoms with Gasteiger partial charge in [0.25, 0.3) is 0 Å². The highest BCUT2D eigenvalue weighted by Gasteiger charge is 2.39. The lowest BCUT2D eigenvalue weighted by atomic mass is 9.93. The molecule has 220 valence electrons. The Morgan fingerprint density at radius 2 is 1.79 bits per heavy atom. The highest BCUT2D eigenvalue weighted by Crippen LogP contribution is 2.18. The van der Waals surface area contributed by atoms with Crippen molar-refractivity contribution in [3.8, 4) is 0 Å². The number of carboxylic acid groups (broad SMARTS) is 1. The van der Waals surface area contributed by atoms with Crippen LogP contribution in [0.1, 0.15) is 47.0 Å². The first-order valence-electron chi connectivity index (χ1n) is 12.8. The molecular weight excluding hydrogens is 516 g/mol. The summed E-state index contributed by atoms with van der Waals surface area (Å²) < 4.78 is 0. The molecule has 0 aromatic rings. The van der Waals surface area contributed by atoms with Gasteiger partial charge in [-0.3, -0.25) is 24.6 Å². The molecule has 0 saturated carbocycles. The molecule has 16 heteroatoms. The molecule has 0 aliphatic carbocycles. The van der Waals surface area contributed by atoms with E-state index >= 15 is 0 Å². The number of primary amides is 1. The lowest BCUT2D eigenvalue weighted by molar-refractivity contribution is -0.143.